The predicted octanol–water partition coefficient (Wildman–Crippen LogP) is 5.43. The van der Waals surface area contributed by atoms with Crippen molar-refractivity contribution in [3.63, 3.8) is 0 Å². The van der Waals surface area contributed by atoms with Crippen molar-refractivity contribution in [3.05, 3.63) is 82.8 Å². The average molecular weight is 450 g/mol. The molecule has 144 valence electrons. The van der Waals surface area contributed by atoms with E-state index in [2.05, 4.69) is 31.4 Å². The van der Waals surface area contributed by atoms with Gasteiger partial charge in [-0.1, -0.05) is 17.3 Å². The van der Waals surface area contributed by atoms with Gasteiger partial charge >= 0.3 is 0 Å². The van der Waals surface area contributed by atoms with E-state index in [1.165, 1.54) is 0 Å². The minimum atomic E-state index is -0.198. The fourth-order valence-electron chi connectivity index (χ4n) is 2.73. The lowest BCUT2D eigenvalue weighted by atomic mass is 10.1. The van der Waals surface area contributed by atoms with E-state index in [1.807, 2.05) is 36.4 Å². The number of nitrogens with zero attached hydrogens (tertiary/aromatic N) is 2. The summed E-state index contributed by atoms with van der Waals surface area (Å²) in [7, 11) is 1.59. The smallest absolute Gasteiger partial charge is 0.259 e. The molecule has 7 heteroatoms. The lowest BCUT2D eigenvalue weighted by molar-refractivity contribution is 0.102. The van der Waals surface area contributed by atoms with Crippen LogP contribution in [0.4, 0.5) is 5.69 Å². The Morgan fingerprint density at radius 1 is 1.00 bits per heavy atom. The number of rotatable bonds is 5. The molecule has 0 aliphatic rings. The SMILES string of the molecule is COc1ccc(C(=O)Nc2ccc(-c3noc(-c4ccccc4Br)n3)cc2)cc1. The molecule has 0 fully saturated rings. The molecular weight excluding hydrogens is 434 g/mol. The number of hydrogen-bond acceptors (Lipinski definition) is 5. The Balaban J connectivity index is 1.48. The first-order valence-electron chi connectivity index (χ1n) is 8.78. The molecule has 0 atom stereocenters. The van der Waals surface area contributed by atoms with Crippen molar-refractivity contribution < 1.29 is 14.1 Å². The summed E-state index contributed by atoms with van der Waals surface area (Å²) in [6.07, 6.45) is 0. The fraction of sp³-hybridized carbons (Fsp3) is 0.0455. The molecule has 6 nitrogen and oxygen atoms in total. The third-order valence-electron chi connectivity index (χ3n) is 4.28. The van der Waals surface area contributed by atoms with E-state index in [-0.39, 0.29) is 5.91 Å². The van der Waals surface area contributed by atoms with Gasteiger partial charge in [-0.05, 0) is 76.6 Å². The molecule has 0 radical (unpaired) electrons. The molecule has 1 amide bonds. The minimum absolute atomic E-state index is 0.198. The third kappa shape index (κ3) is 4.20. The first-order valence-corrected chi connectivity index (χ1v) is 9.58. The normalized spacial score (nSPS) is 10.6. The van der Waals surface area contributed by atoms with E-state index in [4.69, 9.17) is 9.26 Å². The van der Waals surface area contributed by atoms with Crippen molar-refractivity contribution in [2.24, 2.45) is 0 Å². The number of aromatic nitrogens is 2. The van der Waals surface area contributed by atoms with Gasteiger partial charge in [0.2, 0.25) is 5.82 Å². The van der Waals surface area contributed by atoms with Crippen LogP contribution in [-0.4, -0.2) is 23.2 Å². The summed E-state index contributed by atoms with van der Waals surface area (Å²) >= 11 is 3.48. The molecule has 4 rings (SSSR count). The highest BCUT2D eigenvalue weighted by molar-refractivity contribution is 9.10. The molecule has 1 heterocycles. The molecule has 3 aromatic carbocycles. The van der Waals surface area contributed by atoms with Gasteiger partial charge < -0.3 is 14.6 Å². The zero-order valence-corrected chi connectivity index (χ0v) is 17.0. The summed E-state index contributed by atoms with van der Waals surface area (Å²) in [4.78, 5) is 16.8. The summed E-state index contributed by atoms with van der Waals surface area (Å²) in [5, 5.41) is 6.91. The lowest BCUT2D eigenvalue weighted by Crippen LogP contribution is -2.11. The number of carbonyl (C=O) groups is 1. The third-order valence-corrected chi connectivity index (χ3v) is 4.97. The summed E-state index contributed by atoms with van der Waals surface area (Å²) in [6.45, 7) is 0. The molecule has 0 saturated heterocycles. The standard InChI is InChI=1S/C22H16BrN3O3/c1-28-17-12-8-15(9-13-17)21(27)24-16-10-6-14(7-11-16)20-25-22(29-26-20)18-4-2-3-5-19(18)23/h2-13H,1H3,(H,24,27). The zero-order chi connectivity index (χ0) is 20.2. The number of hydrogen-bond donors (Lipinski definition) is 1. The molecule has 1 aromatic heterocycles. The average Bonchev–Trinajstić information content (AvgIpc) is 3.24. The second kappa shape index (κ2) is 8.28. The highest BCUT2D eigenvalue weighted by Gasteiger charge is 2.13. The Kier molecular flexibility index (Phi) is 5.39. The number of amides is 1. The Hall–Kier alpha value is -3.45. The molecule has 4 aromatic rings. The van der Waals surface area contributed by atoms with Crippen molar-refractivity contribution in [1.82, 2.24) is 10.1 Å². The van der Waals surface area contributed by atoms with Crippen LogP contribution in [0.1, 0.15) is 10.4 Å². The molecular formula is C22H16BrN3O3. The van der Waals surface area contributed by atoms with Crippen molar-refractivity contribution in [2.45, 2.75) is 0 Å². The number of nitrogens with one attached hydrogen (secondary N) is 1. The van der Waals surface area contributed by atoms with Gasteiger partial charge in [0.1, 0.15) is 5.75 Å². The number of halogens is 1. The van der Waals surface area contributed by atoms with Gasteiger partial charge in [0.15, 0.2) is 0 Å². The molecule has 0 saturated carbocycles. The second-order valence-corrected chi connectivity index (χ2v) is 7.02. The number of methoxy groups -OCH3 is 1. The monoisotopic (exact) mass is 449 g/mol. The maximum absolute atomic E-state index is 12.4. The maximum atomic E-state index is 12.4. The van der Waals surface area contributed by atoms with Crippen LogP contribution in [0, 0.1) is 0 Å². The fourth-order valence-corrected chi connectivity index (χ4v) is 3.19. The molecule has 0 aliphatic heterocycles. The second-order valence-electron chi connectivity index (χ2n) is 6.16. The quantitative estimate of drug-likeness (QED) is 0.439. The molecule has 0 aliphatic carbocycles. The van der Waals surface area contributed by atoms with E-state index < -0.39 is 0 Å². The summed E-state index contributed by atoms with van der Waals surface area (Å²) < 4.78 is 11.4. The van der Waals surface area contributed by atoms with E-state index in [1.54, 1.807) is 43.5 Å². The minimum Gasteiger partial charge on any atom is -0.497 e. The summed E-state index contributed by atoms with van der Waals surface area (Å²) in [6, 6.07) is 21.8. The first kappa shape index (κ1) is 18.9. The molecule has 0 unspecified atom stereocenters. The molecule has 1 N–H and O–H groups in total. The maximum Gasteiger partial charge on any atom is 0.259 e. The Bertz CT molecular complexity index is 1140. The number of carbonyl (C=O) groups excluding carboxylic acids is 1. The van der Waals surface area contributed by atoms with Crippen molar-refractivity contribution in [3.8, 4) is 28.6 Å². The van der Waals surface area contributed by atoms with Gasteiger partial charge in [-0.2, -0.15) is 4.98 Å². The Labute approximate surface area is 175 Å². The van der Waals surface area contributed by atoms with E-state index in [0.29, 0.717) is 28.7 Å². The van der Waals surface area contributed by atoms with Gasteiger partial charge in [-0.3, -0.25) is 4.79 Å². The van der Waals surface area contributed by atoms with Crippen molar-refractivity contribution in [2.75, 3.05) is 12.4 Å². The van der Waals surface area contributed by atoms with Crippen LogP contribution in [0.5, 0.6) is 5.75 Å². The van der Waals surface area contributed by atoms with Crippen LogP contribution in [0.2, 0.25) is 0 Å². The van der Waals surface area contributed by atoms with Gasteiger partial charge in [0.25, 0.3) is 11.8 Å². The number of anilines is 1. The van der Waals surface area contributed by atoms with Gasteiger partial charge in [0.05, 0.1) is 12.7 Å². The topological polar surface area (TPSA) is 77.2 Å². The van der Waals surface area contributed by atoms with Gasteiger partial charge in [-0.15, -0.1) is 0 Å². The van der Waals surface area contributed by atoms with Crippen molar-refractivity contribution >= 4 is 27.5 Å². The van der Waals surface area contributed by atoms with Gasteiger partial charge in [0, 0.05) is 21.3 Å². The number of ether oxygens (including phenoxy) is 1. The largest absolute Gasteiger partial charge is 0.497 e. The van der Waals surface area contributed by atoms with Gasteiger partial charge in [-0.25, -0.2) is 0 Å². The van der Waals surface area contributed by atoms with Crippen LogP contribution in [0.25, 0.3) is 22.8 Å². The Morgan fingerprint density at radius 3 is 2.41 bits per heavy atom. The highest BCUT2D eigenvalue weighted by Crippen LogP contribution is 2.28. The summed E-state index contributed by atoms with van der Waals surface area (Å²) in [5.74, 6) is 1.41. The van der Waals surface area contributed by atoms with Crippen molar-refractivity contribution in [1.29, 1.82) is 0 Å². The Morgan fingerprint density at radius 2 is 1.72 bits per heavy atom. The lowest BCUT2D eigenvalue weighted by Gasteiger charge is -2.06. The molecule has 0 spiro atoms. The van der Waals surface area contributed by atoms with E-state index in [0.717, 1.165) is 15.6 Å². The van der Waals surface area contributed by atoms with Crippen LogP contribution in [0.3, 0.4) is 0 Å². The van der Waals surface area contributed by atoms with E-state index in [9.17, 15) is 4.79 Å². The van der Waals surface area contributed by atoms with Crippen LogP contribution in [0.15, 0.2) is 81.8 Å². The first-order chi connectivity index (χ1) is 14.1. The summed E-state index contributed by atoms with van der Waals surface area (Å²) in [5.41, 5.74) is 2.83. The van der Waals surface area contributed by atoms with Crippen LogP contribution in [-0.2, 0) is 0 Å². The molecule has 0 bridgehead atoms. The number of benzene rings is 3. The van der Waals surface area contributed by atoms with Crippen LogP contribution < -0.4 is 10.1 Å². The zero-order valence-electron chi connectivity index (χ0n) is 15.4. The predicted molar refractivity (Wildman–Crippen MR) is 114 cm³/mol. The highest BCUT2D eigenvalue weighted by atomic mass is 79.9. The van der Waals surface area contributed by atoms with E-state index >= 15 is 0 Å². The molecule has 29 heavy (non-hydrogen) atoms. The van der Waals surface area contributed by atoms with Crippen LogP contribution >= 0.6 is 15.9 Å².